The molecule has 0 saturated heterocycles. The molecule has 0 fully saturated rings. The van der Waals surface area contributed by atoms with E-state index in [9.17, 15) is 18.0 Å². The first-order valence-corrected chi connectivity index (χ1v) is 8.36. The van der Waals surface area contributed by atoms with E-state index in [1.54, 1.807) is 20.8 Å². The first kappa shape index (κ1) is 22.6. The highest BCUT2D eigenvalue weighted by molar-refractivity contribution is 5.80. The lowest BCUT2D eigenvalue weighted by Crippen LogP contribution is -2.38. The van der Waals surface area contributed by atoms with E-state index in [2.05, 4.69) is 20.4 Å². The van der Waals surface area contributed by atoms with Crippen LogP contribution in [0.5, 0.6) is 5.75 Å². The number of nitrogens with one attached hydrogen (secondary N) is 2. The van der Waals surface area contributed by atoms with Crippen LogP contribution in [0.1, 0.15) is 38.3 Å². The molecule has 0 heterocycles. The highest BCUT2D eigenvalue weighted by Crippen LogP contribution is 2.35. The van der Waals surface area contributed by atoms with Crippen LogP contribution in [0, 0.1) is 0 Å². The standard InChI is InChI=1S/C18H26F3N3O3/c1-17(2,3)27-13-7-6-12(14(10-13)18(19,20)21)11-24-16(22-4)23-9-8-15(25)26-5/h6-7,10H,8-9,11H2,1-5H3,(H2,22,23,24). The molecule has 0 bridgehead atoms. The largest absolute Gasteiger partial charge is 0.488 e. The first-order valence-electron chi connectivity index (χ1n) is 8.36. The summed E-state index contributed by atoms with van der Waals surface area (Å²) >= 11 is 0. The van der Waals surface area contributed by atoms with Crippen molar-refractivity contribution in [3.63, 3.8) is 0 Å². The summed E-state index contributed by atoms with van der Waals surface area (Å²) in [4.78, 5) is 15.0. The van der Waals surface area contributed by atoms with Gasteiger partial charge in [0.2, 0.25) is 0 Å². The maximum atomic E-state index is 13.4. The molecule has 152 valence electrons. The van der Waals surface area contributed by atoms with Crippen LogP contribution in [0.15, 0.2) is 23.2 Å². The summed E-state index contributed by atoms with van der Waals surface area (Å²) in [6, 6.07) is 3.87. The predicted octanol–water partition coefficient (Wildman–Crippen LogP) is 3.11. The monoisotopic (exact) mass is 389 g/mol. The third-order valence-electron chi connectivity index (χ3n) is 3.33. The molecule has 1 rings (SSSR count). The Balaban J connectivity index is 2.84. The van der Waals surface area contributed by atoms with Crippen molar-refractivity contribution in [1.82, 2.24) is 10.6 Å². The second-order valence-electron chi connectivity index (χ2n) is 6.71. The van der Waals surface area contributed by atoms with E-state index >= 15 is 0 Å². The SMILES string of the molecule is CN=C(NCCC(=O)OC)NCc1ccc(OC(C)(C)C)cc1C(F)(F)F. The number of nitrogens with zero attached hydrogens (tertiary/aromatic N) is 1. The minimum Gasteiger partial charge on any atom is -0.488 e. The lowest BCUT2D eigenvalue weighted by Gasteiger charge is -2.23. The minimum absolute atomic E-state index is 0.0553. The van der Waals surface area contributed by atoms with E-state index in [-0.39, 0.29) is 36.8 Å². The Hall–Kier alpha value is -2.45. The molecule has 0 saturated carbocycles. The third kappa shape index (κ3) is 8.19. The Morgan fingerprint density at radius 2 is 1.85 bits per heavy atom. The molecule has 0 unspecified atom stereocenters. The maximum Gasteiger partial charge on any atom is 0.416 e. The van der Waals surface area contributed by atoms with Crippen molar-refractivity contribution in [3.05, 3.63) is 29.3 Å². The van der Waals surface area contributed by atoms with E-state index in [0.29, 0.717) is 0 Å². The molecule has 6 nitrogen and oxygen atoms in total. The van der Waals surface area contributed by atoms with Gasteiger partial charge in [-0.15, -0.1) is 0 Å². The summed E-state index contributed by atoms with van der Waals surface area (Å²) in [5.41, 5.74) is -1.32. The van der Waals surface area contributed by atoms with Gasteiger partial charge in [0, 0.05) is 20.1 Å². The van der Waals surface area contributed by atoms with Gasteiger partial charge in [-0.25, -0.2) is 0 Å². The van der Waals surface area contributed by atoms with Gasteiger partial charge in [-0.05, 0) is 38.5 Å². The Bertz CT molecular complexity index is 668. The summed E-state index contributed by atoms with van der Waals surface area (Å²) in [7, 11) is 2.76. The lowest BCUT2D eigenvalue weighted by atomic mass is 10.1. The van der Waals surface area contributed by atoms with Crippen LogP contribution >= 0.6 is 0 Å². The molecule has 0 aliphatic carbocycles. The molecule has 0 radical (unpaired) electrons. The number of ether oxygens (including phenoxy) is 2. The Kier molecular flexibility index (Phi) is 7.93. The van der Waals surface area contributed by atoms with Gasteiger partial charge in [0.15, 0.2) is 5.96 Å². The maximum absolute atomic E-state index is 13.4. The number of hydrogen-bond donors (Lipinski definition) is 2. The number of esters is 1. The van der Waals surface area contributed by atoms with Gasteiger partial charge in [0.1, 0.15) is 11.4 Å². The zero-order valence-corrected chi connectivity index (χ0v) is 16.2. The summed E-state index contributed by atoms with van der Waals surface area (Å²) in [5.74, 6) is 0.0351. The molecule has 9 heteroatoms. The fraction of sp³-hybridized carbons (Fsp3) is 0.556. The van der Waals surface area contributed by atoms with E-state index in [4.69, 9.17) is 4.74 Å². The molecule has 0 spiro atoms. The lowest BCUT2D eigenvalue weighted by molar-refractivity contribution is -0.140. The van der Waals surface area contributed by atoms with Crippen LogP contribution in [-0.2, 0) is 22.3 Å². The summed E-state index contributed by atoms with van der Waals surface area (Å²) in [6.07, 6.45) is -4.40. The number of rotatable bonds is 6. The zero-order chi connectivity index (χ0) is 20.7. The molecule has 0 aliphatic heterocycles. The number of guanidine groups is 1. The normalized spacial score (nSPS) is 12.5. The second-order valence-corrected chi connectivity index (χ2v) is 6.71. The van der Waals surface area contributed by atoms with Crippen molar-refractivity contribution < 1.29 is 27.4 Å². The molecule has 1 aromatic rings. The van der Waals surface area contributed by atoms with Crippen molar-refractivity contribution in [2.45, 2.75) is 45.5 Å². The number of halogens is 3. The molecule has 27 heavy (non-hydrogen) atoms. The van der Waals surface area contributed by atoms with E-state index in [0.717, 1.165) is 6.07 Å². The van der Waals surface area contributed by atoms with Crippen molar-refractivity contribution in [2.75, 3.05) is 20.7 Å². The Morgan fingerprint density at radius 1 is 1.19 bits per heavy atom. The van der Waals surface area contributed by atoms with Gasteiger partial charge in [-0.1, -0.05) is 6.07 Å². The number of alkyl halides is 3. The molecule has 1 aromatic carbocycles. The van der Waals surface area contributed by atoms with Gasteiger partial charge in [-0.3, -0.25) is 9.79 Å². The van der Waals surface area contributed by atoms with Crippen molar-refractivity contribution >= 4 is 11.9 Å². The number of methoxy groups -OCH3 is 1. The van der Waals surface area contributed by atoms with Gasteiger partial charge in [0.25, 0.3) is 0 Å². The van der Waals surface area contributed by atoms with Crippen molar-refractivity contribution in [3.8, 4) is 5.75 Å². The number of hydrogen-bond acceptors (Lipinski definition) is 4. The summed E-state index contributed by atoms with van der Waals surface area (Å²) in [5, 5.41) is 5.64. The second kappa shape index (κ2) is 9.48. The van der Waals surface area contributed by atoms with Crippen molar-refractivity contribution in [1.29, 1.82) is 0 Å². The van der Waals surface area contributed by atoms with Crippen LogP contribution in [0.3, 0.4) is 0 Å². The summed E-state index contributed by atoms with van der Waals surface area (Å²) < 4.78 is 50.3. The van der Waals surface area contributed by atoms with E-state index < -0.39 is 23.3 Å². The average Bonchev–Trinajstić information content (AvgIpc) is 2.56. The molecular formula is C18H26F3N3O3. The zero-order valence-electron chi connectivity index (χ0n) is 16.2. The highest BCUT2D eigenvalue weighted by Gasteiger charge is 2.34. The molecule has 0 aromatic heterocycles. The van der Waals surface area contributed by atoms with Crippen molar-refractivity contribution in [2.24, 2.45) is 4.99 Å². The van der Waals surface area contributed by atoms with Crippen LogP contribution in [0.2, 0.25) is 0 Å². The van der Waals surface area contributed by atoms with Crippen LogP contribution in [0.25, 0.3) is 0 Å². The molecule has 2 N–H and O–H groups in total. The quantitative estimate of drug-likeness (QED) is 0.444. The predicted molar refractivity (Wildman–Crippen MR) is 96.7 cm³/mol. The van der Waals surface area contributed by atoms with Crippen LogP contribution in [-0.4, -0.2) is 38.2 Å². The minimum atomic E-state index is -4.52. The van der Waals surface area contributed by atoms with Gasteiger partial charge in [-0.2, -0.15) is 13.2 Å². The van der Waals surface area contributed by atoms with Crippen LogP contribution in [0.4, 0.5) is 13.2 Å². The molecular weight excluding hydrogens is 363 g/mol. The fourth-order valence-corrected chi connectivity index (χ4v) is 2.18. The van der Waals surface area contributed by atoms with Gasteiger partial charge < -0.3 is 20.1 Å². The number of benzene rings is 1. The van der Waals surface area contributed by atoms with Gasteiger partial charge in [0.05, 0.1) is 19.1 Å². The average molecular weight is 389 g/mol. The van der Waals surface area contributed by atoms with Crippen LogP contribution < -0.4 is 15.4 Å². The Morgan fingerprint density at radius 3 is 2.37 bits per heavy atom. The van der Waals surface area contributed by atoms with Gasteiger partial charge >= 0.3 is 12.1 Å². The summed E-state index contributed by atoms with van der Waals surface area (Å²) in [6.45, 7) is 5.44. The molecule has 0 aliphatic rings. The first-order chi connectivity index (χ1) is 12.5. The van der Waals surface area contributed by atoms with E-state index in [1.807, 2.05) is 0 Å². The number of aliphatic imine (C=N–C) groups is 1. The smallest absolute Gasteiger partial charge is 0.416 e. The third-order valence-corrected chi connectivity index (χ3v) is 3.33. The number of carbonyl (C=O) groups excluding carboxylic acids is 1. The highest BCUT2D eigenvalue weighted by atomic mass is 19.4. The Labute approximate surface area is 157 Å². The topological polar surface area (TPSA) is 72.0 Å². The number of carbonyl (C=O) groups is 1. The molecule has 0 amide bonds. The van der Waals surface area contributed by atoms with E-state index in [1.165, 1.54) is 26.3 Å². The fourth-order valence-electron chi connectivity index (χ4n) is 2.18. The molecule has 0 atom stereocenters.